The Hall–Kier alpha value is -0.0900. The predicted molar refractivity (Wildman–Crippen MR) is 71.1 cm³/mol. The SMILES string of the molecule is CC(O)C(C)(C)CN(C)Cc1ccc(Cl)s1. The molecule has 16 heavy (non-hydrogen) atoms. The van der Waals surface area contributed by atoms with Crippen LogP contribution in [-0.4, -0.2) is 29.7 Å². The molecule has 0 amide bonds. The number of rotatable bonds is 5. The molecule has 0 aliphatic rings. The molecule has 0 fully saturated rings. The second-order valence-corrected chi connectivity index (χ2v) is 6.84. The van der Waals surface area contributed by atoms with E-state index >= 15 is 0 Å². The molecular formula is C12H20ClNOS. The number of aliphatic hydroxyl groups excluding tert-OH is 1. The maximum Gasteiger partial charge on any atom is 0.0931 e. The number of hydrogen-bond donors (Lipinski definition) is 1. The van der Waals surface area contributed by atoms with Gasteiger partial charge in [-0.05, 0) is 26.1 Å². The maximum absolute atomic E-state index is 9.65. The van der Waals surface area contributed by atoms with Crippen LogP contribution in [0, 0.1) is 5.41 Å². The number of thiophene rings is 1. The summed E-state index contributed by atoms with van der Waals surface area (Å²) in [6.07, 6.45) is -0.304. The minimum atomic E-state index is -0.304. The fraction of sp³-hybridized carbons (Fsp3) is 0.667. The van der Waals surface area contributed by atoms with Crippen LogP contribution in [0.4, 0.5) is 0 Å². The molecule has 2 nitrogen and oxygen atoms in total. The quantitative estimate of drug-likeness (QED) is 0.880. The summed E-state index contributed by atoms with van der Waals surface area (Å²) >= 11 is 7.50. The van der Waals surface area contributed by atoms with Crippen molar-refractivity contribution in [2.75, 3.05) is 13.6 Å². The lowest BCUT2D eigenvalue weighted by molar-refractivity contribution is 0.0394. The Bertz CT molecular complexity index is 336. The summed E-state index contributed by atoms with van der Waals surface area (Å²) in [5.74, 6) is 0. The fourth-order valence-electron chi connectivity index (χ4n) is 1.59. The van der Waals surface area contributed by atoms with Crippen LogP contribution < -0.4 is 0 Å². The Labute approximate surface area is 107 Å². The van der Waals surface area contributed by atoms with E-state index in [4.69, 9.17) is 11.6 Å². The summed E-state index contributed by atoms with van der Waals surface area (Å²) in [7, 11) is 2.07. The summed E-state index contributed by atoms with van der Waals surface area (Å²) in [6, 6.07) is 3.98. The Morgan fingerprint density at radius 2 is 2.12 bits per heavy atom. The first kappa shape index (κ1) is 14.0. The van der Waals surface area contributed by atoms with Crippen LogP contribution in [0.3, 0.4) is 0 Å². The molecule has 0 bridgehead atoms. The third-order valence-corrected chi connectivity index (χ3v) is 4.08. The van der Waals surface area contributed by atoms with Crippen LogP contribution in [0.1, 0.15) is 25.6 Å². The van der Waals surface area contributed by atoms with Crippen molar-refractivity contribution >= 4 is 22.9 Å². The van der Waals surface area contributed by atoms with Gasteiger partial charge < -0.3 is 10.0 Å². The lowest BCUT2D eigenvalue weighted by Crippen LogP contribution is -2.38. The third kappa shape index (κ3) is 4.06. The first-order valence-corrected chi connectivity index (χ1v) is 6.61. The van der Waals surface area contributed by atoms with Crippen molar-refractivity contribution in [1.29, 1.82) is 0 Å². The Balaban J connectivity index is 2.50. The number of aliphatic hydroxyl groups is 1. The van der Waals surface area contributed by atoms with Crippen molar-refractivity contribution in [3.8, 4) is 0 Å². The summed E-state index contributed by atoms with van der Waals surface area (Å²) in [5, 5.41) is 9.65. The van der Waals surface area contributed by atoms with Crippen molar-refractivity contribution in [2.24, 2.45) is 5.41 Å². The van der Waals surface area contributed by atoms with E-state index in [1.807, 2.05) is 13.0 Å². The highest BCUT2D eigenvalue weighted by Gasteiger charge is 2.25. The van der Waals surface area contributed by atoms with Crippen molar-refractivity contribution in [2.45, 2.75) is 33.4 Å². The molecule has 92 valence electrons. The van der Waals surface area contributed by atoms with Gasteiger partial charge in [0.15, 0.2) is 0 Å². The summed E-state index contributed by atoms with van der Waals surface area (Å²) in [4.78, 5) is 3.48. The zero-order valence-corrected chi connectivity index (χ0v) is 11.9. The van der Waals surface area contributed by atoms with E-state index < -0.39 is 0 Å². The van der Waals surface area contributed by atoms with Gasteiger partial charge in [0.2, 0.25) is 0 Å². The van der Waals surface area contributed by atoms with Crippen LogP contribution in [-0.2, 0) is 6.54 Å². The second-order valence-electron chi connectivity index (χ2n) is 5.04. The average molecular weight is 262 g/mol. The Morgan fingerprint density at radius 1 is 1.50 bits per heavy atom. The topological polar surface area (TPSA) is 23.5 Å². The lowest BCUT2D eigenvalue weighted by Gasteiger charge is -2.32. The average Bonchev–Trinajstić information content (AvgIpc) is 2.49. The van der Waals surface area contributed by atoms with Crippen LogP contribution in [0.25, 0.3) is 0 Å². The van der Waals surface area contributed by atoms with Crippen molar-refractivity contribution in [3.05, 3.63) is 21.3 Å². The van der Waals surface area contributed by atoms with Crippen molar-refractivity contribution in [1.82, 2.24) is 4.90 Å². The molecule has 1 N–H and O–H groups in total. The second kappa shape index (κ2) is 5.50. The molecule has 1 aromatic heterocycles. The lowest BCUT2D eigenvalue weighted by atomic mass is 9.87. The minimum Gasteiger partial charge on any atom is -0.393 e. The highest BCUT2D eigenvalue weighted by Crippen LogP contribution is 2.25. The third-order valence-electron chi connectivity index (χ3n) is 2.86. The van der Waals surface area contributed by atoms with Gasteiger partial charge >= 0.3 is 0 Å². The maximum atomic E-state index is 9.65. The number of hydrogen-bond acceptors (Lipinski definition) is 3. The predicted octanol–water partition coefficient (Wildman–Crippen LogP) is 3.24. The van der Waals surface area contributed by atoms with E-state index in [0.29, 0.717) is 0 Å². The van der Waals surface area contributed by atoms with Crippen LogP contribution in [0.5, 0.6) is 0 Å². The summed E-state index contributed by atoms with van der Waals surface area (Å²) < 4.78 is 0.832. The Kier molecular flexibility index (Phi) is 4.80. The van der Waals surface area contributed by atoms with Gasteiger partial charge in [-0.15, -0.1) is 11.3 Å². The molecule has 1 rings (SSSR count). The Morgan fingerprint density at radius 3 is 2.56 bits per heavy atom. The minimum absolute atomic E-state index is 0.0875. The van der Waals surface area contributed by atoms with E-state index in [1.165, 1.54) is 4.88 Å². The van der Waals surface area contributed by atoms with Crippen molar-refractivity contribution < 1.29 is 5.11 Å². The summed E-state index contributed by atoms with van der Waals surface area (Å²) in [5.41, 5.74) is -0.0875. The van der Waals surface area contributed by atoms with Gasteiger partial charge in [-0.2, -0.15) is 0 Å². The smallest absolute Gasteiger partial charge is 0.0931 e. The van der Waals surface area contributed by atoms with Gasteiger partial charge in [0.25, 0.3) is 0 Å². The molecule has 1 atom stereocenters. The normalized spacial score (nSPS) is 14.4. The van der Waals surface area contributed by atoms with Gasteiger partial charge in [-0.25, -0.2) is 0 Å². The molecule has 0 aromatic carbocycles. The zero-order chi connectivity index (χ0) is 12.3. The van der Waals surface area contributed by atoms with E-state index in [9.17, 15) is 5.11 Å². The summed E-state index contributed by atoms with van der Waals surface area (Å²) in [6.45, 7) is 7.74. The van der Waals surface area contributed by atoms with Gasteiger partial charge in [0.05, 0.1) is 10.4 Å². The van der Waals surface area contributed by atoms with Gasteiger partial charge in [-0.1, -0.05) is 25.4 Å². The first-order chi connectivity index (χ1) is 7.31. The largest absolute Gasteiger partial charge is 0.393 e. The van der Waals surface area contributed by atoms with Crippen LogP contribution in [0.2, 0.25) is 4.34 Å². The molecule has 0 saturated carbocycles. The molecule has 0 radical (unpaired) electrons. The number of nitrogens with zero attached hydrogens (tertiary/aromatic N) is 1. The molecule has 0 aliphatic heterocycles. The number of halogens is 1. The van der Waals surface area contributed by atoms with E-state index in [1.54, 1.807) is 11.3 Å². The molecule has 1 heterocycles. The highest BCUT2D eigenvalue weighted by atomic mass is 35.5. The van der Waals surface area contributed by atoms with E-state index in [2.05, 4.69) is 31.9 Å². The molecule has 1 unspecified atom stereocenters. The standard InChI is InChI=1S/C12H20ClNOS/c1-9(15)12(2,3)8-14(4)7-10-5-6-11(13)16-10/h5-6,9,15H,7-8H2,1-4H3. The molecule has 0 spiro atoms. The van der Waals surface area contributed by atoms with Gasteiger partial charge in [0, 0.05) is 23.4 Å². The highest BCUT2D eigenvalue weighted by molar-refractivity contribution is 7.16. The van der Waals surface area contributed by atoms with Crippen molar-refractivity contribution in [3.63, 3.8) is 0 Å². The molecule has 0 aliphatic carbocycles. The van der Waals surface area contributed by atoms with Crippen LogP contribution in [0.15, 0.2) is 12.1 Å². The van der Waals surface area contributed by atoms with Gasteiger partial charge in [-0.3, -0.25) is 0 Å². The zero-order valence-electron chi connectivity index (χ0n) is 10.3. The monoisotopic (exact) mass is 261 g/mol. The van der Waals surface area contributed by atoms with E-state index in [-0.39, 0.29) is 11.5 Å². The van der Waals surface area contributed by atoms with Gasteiger partial charge in [0.1, 0.15) is 0 Å². The molecule has 0 saturated heterocycles. The molecule has 1 aromatic rings. The molecular weight excluding hydrogens is 242 g/mol. The fourth-order valence-corrected chi connectivity index (χ4v) is 2.75. The van der Waals surface area contributed by atoms with E-state index in [0.717, 1.165) is 17.4 Å². The van der Waals surface area contributed by atoms with Crippen LogP contribution >= 0.6 is 22.9 Å². The molecule has 4 heteroatoms. The first-order valence-electron chi connectivity index (χ1n) is 5.42.